The van der Waals surface area contributed by atoms with Crippen LogP contribution in [0.25, 0.3) is 0 Å². The smallest absolute Gasteiger partial charge is 0.252 e. The van der Waals surface area contributed by atoms with Crippen molar-refractivity contribution in [3.8, 4) is 0 Å². The number of hydrogen-bond acceptors (Lipinski definition) is 1. The number of unbranched alkanes of at least 4 members (excludes halogenated alkanes) is 3. The van der Waals surface area contributed by atoms with Gasteiger partial charge in [0.1, 0.15) is 0 Å². The zero-order chi connectivity index (χ0) is 15.0. The number of amides is 1. The summed E-state index contributed by atoms with van der Waals surface area (Å²) < 4.78 is 0. The number of nitrogens with two attached hydrogens (primary N) is 1. The van der Waals surface area contributed by atoms with Crippen molar-refractivity contribution in [2.24, 2.45) is 5.73 Å². The molecule has 0 aliphatic heterocycles. The highest BCUT2D eigenvalue weighted by Gasteiger charge is 2.18. The summed E-state index contributed by atoms with van der Waals surface area (Å²) >= 11 is 0. The van der Waals surface area contributed by atoms with Gasteiger partial charge in [-0.05, 0) is 54.9 Å². The number of aryl methyl sites for hydroxylation is 1. The highest BCUT2D eigenvalue weighted by Crippen LogP contribution is 2.36. The predicted octanol–water partition coefficient (Wildman–Crippen LogP) is 4.84. The van der Waals surface area contributed by atoms with Crippen molar-refractivity contribution in [2.45, 2.75) is 78.6 Å². The topological polar surface area (TPSA) is 43.1 Å². The van der Waals surface area contributed by atoms with Crippen LogP contribution in [-0.4, -0.2) is 5.91 Å². The Morgan fingerprint density at radius 3 is 1.90 bits per heavy atom. The Balaban J connectivity index is 3.10. The molecule has 2 nitrogen and oxygen atoms in total. The third-order valence-electron chi connectivity index (χ3n) is 3.89. The molecule has 1 aromatic rings. The van der Waals surface area contributed by atoms with Gasteiger partial charge in [-0.15, -0.1) is 8.19 Å². The lowest BCUT2D eigenvalue weighted by molar-refractivity contribution is 0.100. The summed E-state index contributed by atoms with van der Waals surface area (Å²) in [5, 5.41) is 2.47. The van der Waals surface area contributed by atoms with Crippen LogP contribution in [0.15, 0.2) is 0 Å². The molecule has 1 unspecified atom stereocenters. The quantitative estimate of drug-likeness (QED) is 0.659. The second kappa shape index (κ2) is 9.23. The lowest BCUT2D eigenvalue weighted by Crippen LogP contribution is -2.11. The summed E-state index contributed by atoms with van der Waals surface area (Å²) in [4.78, 5) is 11.8. The number of primary amides is 1. The Labute approximate surface area is 125 Å². The molecule has 1 aromatic heterocycles. The van der Waals surface area contributed by atoms with Crippen molar-refractivity contribution in [1.82, 2.24) is 0 Å². The molecule has 2 N–H and O–H groups in total. The number of carbonyl (C=O) groups is 1. The van der Waals surface area contributed by atoms with Crippen molar-refractivity contribution in [2.75, 3.05) is 0 Å². The molecule has 0 aliphatic rings. The van der Waals surface area contributed by atoms with E-state index in [0.29, 0.717) is 8.19 Å². The molecule has 0 radical (unpaired) electrons. The van der Waals surface area contributed by atoms with Gasteiger partial charge in [0, 0.05) is 0 Å². The average Bonchev–Trinajstić information content (AvgIpc) is 2.78. The molecule has 3 heteroatoms. The molecular formula is C17H30NOP. The summed E-state index contributed by atoms with van der Waals surface area (Å²) in [7, 11) is 0.549. The Kier molecular flexibility index (Phi) is 7.99. The maximum atomic E-state index is 11.8. The van der Waals surface area contributed by atoms with Crippen LogP contribution in [0.1, 0.15) is 85.8 Å². The molecule has 0 saturated carbocycles. The van der Waals surface area contributed by atoms with Gasteiger partial charge in [-0.2, -0.15) is 0 Å². The second-order valence-corrected chi connectivity index (χ2v) is 6.96. The summed E-state index contributed by atoms with van der Waals surface area (Å²) in [5.41, 5.74) is 8.44. The van der Waals surface area contributed by atoms with E-state index < -0.39 is 0 Å². The second-order valence-electron chi connectivity index (χ2n) is 5.61. The number of hydrogen-bond donors (Lipinski definition) is 1. The van der Waals surface area contributed by atoms with Crippen LogP contribution < -0.4 is 5.73 Å². The van der Waals surface area contributed by atoms with Gasteiger partial charge in [0.25, 0.3) is 5.91 Å². The number of carbonyl (C=O) groups excluding carboxylic acids is 1. The first-order chi connectivity index (χ1) is 9.65. The van der Waals surface area contributed by atoms with Gasteiger partial charge in [0.2, 0.25) is 0 Å². The largest absolute Gasteiger partial charge is 0.365 e. The summed E-state index contributed by atoms with van der Waals surface area (Å²) in [6.45, 7) is 6.66. The highest BCUT2D eigenvalue weighted by atomic mass is 31.0. The highest BCUT2D eigenvalue weighted by molar-refractivity contribution is 7.33. The van der Waals surface area contributed by atoms with Crippen LogP contribution in [0.3, 0.4) is 0 Å². The van der Waals surface area contributed by atoms with Gasteiger partial charge in [0.05, 0.1) is 5.30 Å². The Bertz CT molecular complexity index is 423. The fourth-order valence-electron chi connectivity index (χ4n) is 2.70. The maximum Gasteiger partial charge on any atom is 0.252 e. The molecule has 1 atom stereocenters. The first-order valence-electron chi connectivity index (χ1n) is 8.17. The van der Waals surface area contributed by atoms with Gasteiger partial charge in [-0.1, -0.05) is 40.0 Å². The molecule has 0 spiro atoms. The van der Waals surface area contributed by atoms with E-state index in [1.807, 2.05) is 0 Å². The van der Waals surface area contributed by atoms with Crippen LogP contribution in [-0.2, 0) is 19.3 Å². The molecule has 0 saturated heterocycles. The summed E-state index contributed by atoms with van der Waals surface area (Å²) in [5.74, 6) is -0.185. The molecule has 1 heterocycles. The van der Waals surface area contributed by atoms with Gasteiger partial charge in [-0.25, -0.2) is 0 Å². The molecule has 1 amide bonds. The number of rotatable bonds is 10. The lowest BCUT2D eigenvalue weighted by atomic mass is 9.96. The van der Waals surface area contributed by atoms with E-state index in [4.69, 9.17) is 5.73 Å². The third-order valence-corrected chi connectivity index (χ3v) is 5.55. The molecule has 1 rings (SSSR count). The fourth-order valence-corrected chi connectivity index (χ4v) is 4.28. The van der Waals surface area contributed by atoms with Crippen LogP contribution in [0.4, 0.5) is 0 Å². The minimum absolute atomic E-state index is 0.185. The molecule has 0 fully saturated rings. The van der Waals surface area contributed by atoms with E-state index in [-0.39, 0.29) is 5.91 Å². The predicted molar refractivity (Wildman–Crippen MR) is 90.3 cm³/mol. The monoisotopic (exact) mass is 295 g/mol. The zero-order valence-electron chi connectivity index (χ0n) is 13.3. The van der Waals surface area contributed by atoms with Crippen molar-refractivity contribution in [1.29, 1.82) is 0 Å². The molecule has 0 bridgehead atoms. The van der Waals surface area contributed by atoms with Gasteiger partial charge < -0.3 is 5.73 Å². The standard InChI is InChI=1S/C17H30NOP/c1-4-7-10-13-14(11-8-5-2)16(17(18)19)20-15(13)12-9-6-3/h20H,4-12H2,1-3H3,(H2,18,19). The van der Waals surface area contributed by atoms with Crippen LogP contribution in [0, 0.1) is 0 Å². The summed E-state index contributed by atoms with van der Waals surface area (Å²) in [6.07, 6.45) is 10.5. The summed E-state index contributed by atoms with van der Waals surface area (Å²) in [6, 6.07) is 0. The zero-order valence-corrected chi connectivity index (χ0v) is 14.3. The van der Waals surface area contributed by atoms with Crippen LogP contribution >= 0.6 is 8.19 Å². The third kappa shape index (κ3) is 4.66. The first kappa shape index (κ1) is 17.3. The van der Waals surface area contributed by atoms with Crippen molar-refractivity contribution in [3.63, 3.8) is 0 Å². The van der Waals surface area contributed by atoms with Crippen LogP contribution in [0.5, 0.6) is 0 Å². The first-order valence-corrected chi connectivity index (χ1v) is 9.17. The van der Waals surface area contributed by atoms with E-state index in [2.05, 4.69) is 20.8 Å². The normalized spacial score (nSPS) is 11.3. The van der Waals surface area contributed by atoms with Crippen molar-refractivity contribution >= 4 is 14.1 Å². The van der Waals surface area contributed by atoms with Crippen LogP contribution in [0.2, 0.25) is 0 Å². The molecule has 20 heavy (non-hydrogen) atoms. The maximum absolute atomic E-state index is 11.8. The van der Waals surface area contributed by atoms with E-state index in [0.717, 1.165) is 31.0 Å². The van der Waals surface area contributed by atoms with E-state index in [1.165, 1.54) is 48.5 Å². The Morgan fingerprint density at radius 2 is 1.40 bits per heavy atom. The van der Waals surface area contributed by atoms with E-state index in [9.17, 15) is 4.79 Å². The lowest BCUT2D eigenvalue weighted by Gasteiger charge is -2.08. The van der Waals surface area contributed by atoms with E-state index >= 15 is 0 Å². The van der Waals surface area contributed by atoms with Crippen molar-refractivity contribution < 1.29 is 4.79 Å². The molecule has 0 aromatic carbocycles. The minimum atomic E-state index is -0.185. The molecule has 0 aliphatic carbocycles. The van der Waals surface area contributed by atoms with Gasteiger partial charge >= 0.3 is 0 Å². The fraction of sp³-hybridized carbons (Fsp3) is 0.706. The molecule has 114 valence electrons. The van der Waals surface area contributed by atoms with Gasteiger partial charge in [0.15, 0.2) is 0 Å². The minimum Gasteiger partial charge on any atom is -0.365 e. The van der Waals surface area contributed by atoms with Gasteiger partial charge in [-0.3, -0.25) is 4.79 Å². The Hall–Kier alpha value is -0.750. The van der Waals surface area contributed by atoms with Crippen molar-refractivity contribution in [3.05, 3.63) is 21.7 Å². The average molecular weight is 295 g/mol. The Morgan fingerprint density at radius 1 is 0.900 bits per heavy atom. The SMILES string of the molecule is CCCCc1[pH]c(C(N)=O)c(CCCC)c1CCCC. The van der Waals surface area contributed by atoms with E-state index in [1.54, 1.807) is 0 Å². The molecular weight excluding hydrogens is 265 g/mol.